The topological polar surface area (TPSA) is 105 Å². The molecule has 0 aliphatic carbocycles. The maximum atomic E-state index is 11.9. The average molecular weight is 293 g/mol. The molecule has 0 spiro atoms. The van der Waals surface area contributed by atoms with Crippen LogP contribution in [0.15, 0.2) is 16.6 Å². The van der Waals surface area contributed by atoms with Gasteiger partial charge < -0.3 is 16.2 Å². The molecule has 1 unspecified atom stereocenters. The number of hydrogen-bond acceptors (Lipinski definition) is 4. The van der Waals surface area contributed by atoms with Gasteiger partial charge in [0.05, 0.1) is 6.54 Å². The van der Waals surface area contributed by atoms with Gasteiger partial charge in [-0.1, -0.05) is 26.7 Å². The van der Waals surface area contributed by atoms with Crippen molar-refractivity contribution < 1.29 is 14.7 Å². The summed E-state index contributed by atoms with van der Waals surface area (Å²) in [4.78, 5) is 27.0. The summed E-state index contributed by atoms with van der Waals surface area (Å²) in [6.07, 6.45) is 6.64. The van der Waals surface area contributed by atoms with Crippen LogP contribution in [0.3, 0.4) is 0 Å². The number of carboxylic acids is 1. The van der Waals surface area contributed by atoms with E-state index in [1.54, 1.807) is 0 Å². The molecule has 0 fully saturated rings. The van der Waals surface area contributed by atoms with E-state index in [9.17, 15) is 9.59 Å². The van der Waals surface area contributed by atoms with E-state index in [0.717, 1.165) is 0 Å². The third-order valence-corrected chi connectivity index (χ3v) is 3.26. The molecule has 1 atom stereocenters. The van der Waals surface area contributed by atoms with Crippen molar-refractivity contribution in [2.45, 2.75) is 39.7 Å². The van der Waals surface area contributed by atoms with Crippen LogP contribution in [0.2, 0.25) is 0 Å². The normalized spacial score (nSPS) is 21.1. The molecule has 21 heavy (non-hydrogen) atoms. The molecule has 1 aliphatic heterocycles. The second kappa shape index (κ2) is 8.22. The van der Waals surface area contributed by atoms with E-state index in [0.29, 0.717) is 18.8 Å². The van der Waals surface area contributed by atoms with Crippen molar-refractivity contribution >= 4 is 17.7 Å². The fourth-order valence-electron chi connectivity index (χ4n) is 1.89. The Kier molecular flexibility index (Phi) is 7.39. The Bertz CT molecular complexity index is 501. The highest BCUT2D eigenvalue weighted by atomic mass is 16.4. The number of nitrogens with zero attached hydrogens (tertiary/aromatic N) is 1. The molecule has 0 saturated carbocycles. The van der Waals surface area contributed by atoms with E-state index in [1.807, 2.05) is 20.8 Å². The highest BCUT2D eigenvalue weighted by molar-refractivity contribution is 6.14. The van der Waals surface area contributed by atoms with Gasteiger partial charge in [-0.05, 0) is 25.3 Å². The van der Waals surface area contributed by atoms with Gasteiger partial charge in [0.25, 0.3) is 5.91 Å². The monoisotopic (exact) mass is 293 g/mol. The van der Waals surface area contributed by atoms with Gasteiger partial charge in [-0.25, -0.2) is 4.79 Å². The molecule has 6 heteroatoms. The number of aliphatic imine (C=N–C) groups is 1. The highest BCUT2D eigenvalue weighted by Crippen LogP contribution is 2.29. The Balaban J connectivity index is 0.000000885. The zero-order valence-corrected chi connectivity index (χ0v) is 12.9. The standard InChI is InChI=1S/C12H18N2O3.C3H5N/c1-5-12(7(2)3)11(17)13-9(14-12)6-8(4)10(15)16;1-2-3-4/h6-7H,5H2,1-4H3,(H,15,16)(H,13,14,17);1H,3-4H2. The number of nitrogens with two attached hydrogens (primary N) is 1. The lowest BCUT2D eigenvalue weighted by Gasteiger charge is -2.25. The molecule has 1 rings (SSSR count). The summed E-state index contributed by atoms with van der Waals surface area (Å²) in [5, 5.41) is 11.4. The van der Waals surface area contributed by atoms with Crippen LogP contribution < -0.4 is 11.1 Å². The summed E-state index contributed by atoms with van der Waals surface area (Å²) in [7, 11) is 0. The first-order valence-electron chi connectivity index (χ1n) is 6.71. The van der Waals surface area contributed by atoms with Gasteiger partial charge in [-0.3, -0.25) is 9.79 Å². The number of amides is 1. The SMILES string of the molecule is C#CCN.CCC1(C(C)C)N=C(C=C(C)C(=O)O)NC1=O. The van der Waals surface area contributed by atoms with E-state index in [4.69, 9.17) is 10.8 Å². The van der Waals surface area contributed by atoms with Crippen molar-refractivity contribution in [2.75, 3.05) is 6.54 Å². The van der Waals surface area contributed by atoms with Crippen LogP contribution in [0, 0.1) is 18.3 Å². The quantitative estimate of drug-likeness (QED) is 0.529. The molecule has 0 saturated heterocycles. The summed E-state index contributed by atoms with van der Waals surface area (Å²) < 4.78 is 0. The van der Waals surface area contributed by atoms with Gasteiger partial charge in [0.15, 0.2) is 0 Å². The number of terminal acetylenes is 1. The van der Waals surface area contributed by atoms with Gasteiger partial charge in [-0.15, -0.1) is 6.42 Å². The second-order valence-electron chi connectivity index (χ2n) is 4.92. The highest BCUT2D eigenvalue weighted by Gasteiger charge is 2.44. The Morgan fingerprint density at radius 3 is 2.43 bits per heavy atom. The molecule has 0 aromatic heterocycles. The summed E-state index contributed by atoms with van der Waals surface area (Å²) in [6.45, 7) is 7.59. The fraction of sp³-hybridized carbons (Fsp3) is 0.533. The van der Waals surface area contributed by atoms with Gasteiger partial charge in [0, 0.05) is 5.57 Å². The van der Waals surface area contributed by atoms with Crippen LogP contribution >= 0.6 is 0 Å². The molecule has 1 aliphatic rings. The zero-order chi connectivity index (χ0) is 16.6. The maximum absolute atomic E-state index is 11.9. The van der Waals surface area contributed by atoms with Crippen molar-refractivity contribution in [3.63, 3.8) is 0 Å². The minimum absolute atomic E-state index is 0.0727. The molecule has 0 bridgehead atoms. The molecule has 0 aromatic rings. The summed E-state index contributed by atoms with van der Waals surface area (Å²) >= 11 is 0. The second-order valence-corrected chi connectivity index (χ2v) is 4.92. The molecule has 0 radical (unpaired) electrons. The number of aliphatic carboxylic acids is 1. The number of carboxylic acid groups (broad SMARTS) is 1. The third-order valence-electron chi connectivity index (χ3n) is 3.26. The average Bonchev–Trinajstić information content (AvgIpc) is 2.75. The van der Waals surface area contributed by atoms with Crippen LogP contribution in [0.25, 0.3) is 0 Å². The zero-order valence-electron chi connectivity index (χ0n) is 12.9. The van der Waals surface area contributed by atoms with E-state index >= 15 is 0 Å². The summed E-state index contributed by atoms with van der Waals surface area (Å²) in [6, 6.07) is 0. The van der Waals surface area contributed by atoms with Gasteiger partial charge in [0.2, 0.25) is 0 Å². The lowest BCUT2D eigenvalue weighted by molar-refractivity contribution is -0.132. The van der Waals surface area contributed by atoms with Crippen LogP contribution in [0.1, 0.15) is 34.1 Å². The summed E-state index contributed by atoms with van der Waals surface area (Å²) in [5.41, 5.74) is 4.18. The van der Waals surface area contributed by atoms with Crippen LogP contribution in [-0.4, -0.2) is 34.9 Å². The molecule has 116 valence electrons. The van der Waals surface area contributed by atoms with Crippen LogP contribution in [0.4, 0.5) is 0 Å². The van der Waals surface area contributed by atoms with Gasteiger partial charge in [0.1, 0.15) is 11.4 Å². The Hall–Kier alpha value is -2.13. The number of carbonyl (C=O) groups is 2. The predicted octanol–water partition coefficient (Wildman–Crippen LogP) is 0.929. The summed E-state index contributed by atoms with van der Waals surface area (Å²) in [5.74, 6) is 1.45. The molecular formula is C15H23N3O3. The number of amidine groups is 1. The first-order chi connectivity index (χ1) is 9.74. The maximum Gasteiger partial charge on any atom is 0.331 e. The Morgan fingerprint density at radius 2 is 2.14 bits per heavy atom. The minimum Gasteiger partial charge on any atom is -0.478 e. The fourth-order valence-corrected chi connectivity index (χ4v) is 1.89. The molecule has 6 nitrogen and oxygen atoms in total. The predicted molar refractivity (Wildman–Crippen MR) is 82.7 cm³/mol. The van der Waals surface area contributed by atoms with Crippen LogP contribution in [0.5, 0.6) is 0 Å². The lowest BCUT2D eigenvalue weighted by Crippen LogP contribution is -2.43. The van der Waals surface area contributed by atoms with Crippen molar-refractivity contribution in [2.24, 2.45) is 16.6 Å². The van der Waals surface area contributed by atoms with Crippen LogP contribution in [-0.2, 0) is 9.59 Å². The number of carbonyl (C=O) groups excluding carboxylic acids is 1. The third kappa shape index (κ3) is 4.72. The van der Waals surface area contributed by atoms with Crippen molar-refractivity contribution in [3.05, 3.63) is 11.6 Å². The van der Waals surface area contributed by atoms with Gasteiger partial charge >= 0.3 is 5.97 Å². The first-order valence-corrected chi connectivity index (χ1v) is 6.71. The number of nitrogens with one attached hydrogen (secondary N) is 1. The van der Waals surface area contributed by atoms with E-state index in [-0.39, 0.29) is 17.4 Å². The first kappa shape index (κ1) is 18.9. The number of hydrogen-bond donors (Lipinski definition) is 3. The van der Waals surface area contributed by atoms with Crippen molar-refractivity contribution in [1.82, 2.24) is 5.32 Å². The van der Waals surface area contributed by atoms with Crippen molar-refractivity contribution in [3.8, 4) is 12.3 Å². The van der Waals surface area contributed by atoms with Gasteiger partial charge in [-0.2, -0.15) is 0 Å². The van der Waals surface area contributed by atoms with E-state index in [1.165, 1.54) is 13.0 Å². The minimum atomic E-state index is -1.01. The largest absolute Gasteiger partial charge is 0.478 e. The Labute approximate surface area is 125 Å². The lowest BCUT2D eigenvalue weighted by atomic mass is 9.84. The van der Waals surface area contributed by atoms with Crippen molar-refractivity contribution in [1.29, 1.82) is 0 Å². The van der Waals surface area contributed by atoms with E-state index < -0.39 is 11.5 Å². The number of rotatable bonds is 4. The molecule has 1 heterocycles. The molecular weight excluding hydrogens is 270 g/mol. The van der Waals surface area contributed by atoms with E-state index in [2.05, 4.69) is 22.7 Å². The smallest absolute Gasteiger partial charge is 0.331 e. The molecule has 1 amide bonds. The molecule has 0 aromatic carbocycles. The Morgan fingerprint density at radius 1 is 1.62 bits per heavy atom. The molecule has 4 N–H and O–H groups in total.